The van der Waals surface area contributed by atoms with Gasteiger partial charge >= 0.3 is 11.7 Å². The molecule has 0 bridgehead atoms. The molecular formula is C27H22ClFN2O4. The molecule has 35 heavy (non-hydrogen) atoms. The molecule has 3 aromatic carbocycles. The van der Waals surface area contributed by atoms with Gasteiger partial charge in [-0.3, -0.25) is 9.13 Å². The quantitative estimate of drug-likeness (QED) is 0.403. The Balaban J connectivity index is 1.60. The molecule has 8 heteroatoms. The van der Waals surface area contributed by atoms with Gasteiger partial charge in [0.1, 0.15) is 5.82 Å². The molecule has 0 spiro atoms. The zero-order valence-corrected chi connectivity index (χ0v) is 19.9. The molecule has 6 nitrogen and oxygen atoms in total. The van der Waals surface area contributed by atoms with E-state index in [1.54, 1.807) is 27.3 Å². The molecule has 1 N–H and O–H groups in total. The monoisotopic (exact) mass is 492 g/mol. The van der Waals surface area contributed by atoms with Crippen molar-refractivity contribution in [1.29, 1.82) is 0 Å². The van der Waals surface area contributed by atoms with Crippen molar-refractivity contribution < 1.29 is 19.0 Å². The van der Waals surface area contributed by atoms with Gasteiger partial charge in [0.25, 0.3) is 0 Å². The van der Waals surface area contributed by atoms with E-state index in [4.69, 9.17) is 16.3 Å². The normalized spacial score (nSPS) is 17.5. The summed E-state index contributed by atoms with van der Waals surface area (Å²) in [7, 11) is 0. The van der Waals surface area contributed by atoms with Crippen LogP contribution in [-0.4, -0.2) is 20.2 Å². The number of aromatic nitrogens is 2. The third-order valence-electron chi connectivity index (χ3n) is 7.22. The summed E-state index contributed by atoms with van der Waals surface area (Å²) >= 11 is 6.33. The largest absolute Gasteiger partial charge is 0.478 e. The summed E-state index contributed by atoms with van der Waals surface area (Å²) in [6, 6.07) is 14.8. The number of fused-ring (bicyclic) bond motifs is 2. The number of aromatic carboxylic acids is 1. The van der Waals surface area contributed by atoms with Gasteiger partial charge in [-0.1, -0.05) is 17.7 Å². The zero-order valence-electron chi connectivity index (χ0n) is 19.1. The maximum Gasteiger partial charge on any atom is 0.335 e. The van der Waals surface area contributed by atoms with Gasteiger partial charge < -0.3 is 9.84 Å². The lowest BCUT2D eigenvalue weighted by Crippen LogP contribution is -2.32. The van der Waals surface area contributed by atoms with Crippen molar-refractivity contribution in [2.24, 2.45) is 0 Å². The second-order valence-corrected chi connectivity index (χ2v) is 10.2. The van der Waals surface area contributed by atoms with Crippen LogP contribution in [0, 0.1) is 5.82 Å². The topological polar surface area (TPSA) is 73.5 Å². The van der Waals surface area contributed by atoms with Crippen molar-refractivity contribution in [3.05, 3.63) is 98.2 Å². The smallest absolute Gasteiger partial charge is 0.335 e. The van der Waals surface area contributed by atoms with Gasteiger partial charge in [0.2, 0.25) is 0 Å². The highest BCUT2D eigenvalue weighted by Gasteiger charge is 2.49. The van der Waals surface area contributed by atoms with E-state index in [0.29, 0.717) is 46.8 Å². The van der Waals surface area contributed by atoms with E-state index < -0.39 is 22.9 Å². The number of halogens is 2. The first-order valence-electron chi connectivity index (χ1n) is 11.4. The molecule has 2 aliphatic rings. The molecule has 0 atom stereocenters. The highest BCUT2D eigenvalue weighted by molar-refractivity contribution is 6.31. The molecule has 0 unspecified atom stereocenters. The summed E-state index contributed by atoms with van der Waals surface area (Å²) in [5.41, 5.74) is 2.85. The number of carboxylic acid groups (broad SMARTS) is 1. The molecule has 1 aromatic heterocycles. The van der Waals surface area contributed by atoms with Gasteiger partial charge in [0, 0.05) is 5.02 Å². The number of carboxylic acids is 1. The Hall–Kier alpha value is -3.42. The highest BCUT2D eigenvalue weighted by Crippen LogP contribution is 2.50. The summed E-state index contributed by atoms with van der Waals surface area (Å²) < 4.78 is 23.6. The molecule has 178 valence electrons. The summed E-state index contributed by atoms with van der Waals surface area (Å²) in [6.45, 7) is 4.48. The van der Waals surface area contributed by atoms with Crippen molar-refractivity contribution >= 4 is 28.6 Å². The summed E-state index contributed by atoms with van der Waals surface area (Å²) in [5.74, 6) is -1.86. The summed E-state index contributed by atoms with van der Waals surface area (Å²) in [4.78, 5) is 25.6. The SMILES string of the molecule is CC1(C)OCc2cc(-n3c(=O)n(C4(c5cc(F)cc(C(=O)O)c5)CC4)c4ccc(Cl)cc43)ccc21. The molecule has 2 heterocycles. The van der Waals surface area contributed by atoms with Crippen LogP contribution in [0.15, 0.2) is 59.4 Å². The van der Waals surface area contributed by atoms with Crippen LogP contribution in [0.2, 0.25) is 5.02 Å². The van der Waals surface area contributed by atoms with E-state index in [1.165, 1.54) is 12.1 Å². The van der Waals surface area contributed by atoms with E-state index in [1.807, 2.05) is 32.0 Å². The van der Waals surface area contributed by atoms with Crippen molar-refractivity contribution in [2.75, 3.05) is 0 Å². The van der Waals surface area contributed by atoms with Crippen LogP contribution in [0.4, 0.5) is 4.39 Å². The van der Waals surface area contributed by atoms with Crippen molar-refractivity contribution in [3.8, 4) is 5.69 Å². The van der Waals surface area contributed by atoms with Gasteiger partial charge in [-0.25, -0.2) is 14.0 Å². The zero-order chi connectivity index (χ0) is 24.7. The van der Waals surface area contributed by atoms with Crippen molar-refractivity contribution in [2.45, 2.75) is 44.4 Å². The number of rotatable bonds is 4. The first-order chi connectivity index (χ1) is 16.6. The molecule has 4 aromatic rings. The van der Waals surface area contributed by atoms with Crippen LogP contribution in [0.25, 0.3) is 16.7 Å². The van der Waals surface area contributed by atoms with Crippen LogP contribution in [0.1, 0.15) is 53.7 Å². The predicted molar refractivity (Wildman–Crippen MR) is 130 cm³/mol. The molecule has 0 amide bonds. The molecule has 6 rings (SSSR count). The average Bonchev–Trinajstić information content (AvgIpc) is 3.47. The number of benzene rings is 3. The van der Waals surface area contributed by atoms with Gasteiger partial charge in [-0.15, -0.1) is 0 Å². The van der Waals surface area contributed by atoms with Gasteiger partial charge in [-0.05, 0) is 91.9 Å². The lowest BCUT2D eigenvalue weighted by molar-refractivity contribution is -0.00789. The average molecular weight is 493 g/mol. The van der Waals surface area contributed by atoms with Gasteiger partial charge in [0.15, 0.2) is 0 Å². The minimum atomic E-state index is -1.22. The lowest BCUT2D eigenvalue weighted by atomic mass is 9.96. The summed E-state index contributed by atoms with van der Waals surface area (Å²) in [5, 5.41) is 9.93. The molecule has 1 saturated carbocycles. The fourth-order valence-corrected chi connectivity index (χ4v) is 5.50. The molecule has 1 aliphatic heterocycles. The van der Waals surface area contributed by atoms with Crippen LogP contribution >= 0.6 is 11.6 Å². The number of hydrogen-bond donors (Lipinski definition) is 1. The minimum absolute atomic E-state index is 0.146. The molecule has 0 radical (unpaired) electrons. The first kappa shape index (κ1) is 22.1. The molecule has 1 aliphatic carbocycles. The maximum atomic E-state index is 14.4. The van der Waals surface area contributed by atoms with Crippen LogP contribution in [0.5, 0.6) is 0 Å². The number of carbonyl (C=O) groups is 1. The fourth-order valence-electron chi connectivity index (χ4n) is 5.34. The Morgan fingerprint density at radius 2 is 1.83 bits per heavy atom. The molecular weight excluding hydrogens is 471 g/mol. The standard InChI is InChI=1S/C27H22ClFN2O4/c1-26(2)21-5-4-20(11-16(21)14-35-26)30-23-13-18(28)3-6-22(23)31(25(30)34)27(7-8-27)17-9-15(24(32)33)10-19(29)12-17/h3-6,9-13H,7-8,14H2,1-2H3,(H,32,33). The predicted octanol–water partition coefficient (Wildman–Crippen LogP) is 5.59. The Morgan fingerprint density at radius 1 is 1.06 bits per heavy atom. The molecule has 0 saturated heterocycles. The van der Waals surface area contributed by atoms with Crippen LogP contribution in [0.3, 0.4) is 0 Å². The van der Waals surface area contributed by atoms with Gasteiger partial charge in [0.05, 0.1) is 40.0 Å². The Morgan fingerprint density at radius 3 is 2.54 bits per heavy atom. The van der Waals surface area contributed by atoms with E-state index in [0.717, 1.165) is 17.2 Å². The first-order valence-corrected chi connectivity index (χ1v) is 11.7. The van der Waals surface area contributed by atoms with E-state index in [9.17, 15) is 19.1 Å². The maximum absolute atomic E-state index is 14.4. The Kier molecular flexibility index (Phi) is 4.60. The van der Waals surface area contributed by atoms with Crippen LogP contribution < -0.4 is 5.69 Å². The summed E-state index contributed by atoms with van der Waals surface area (Å²) in [6.07, 6.45) is 1.17. The fraction of sp³-hybridized carbons (Fsp3) is 0.259. The Labute approximate surface area is 205 Å². The third-order valence-corrected chi connectivity index (χ3v) is 7.45. The Bertz CT molecular complexity index is 1610. The molecule has 1 fully saturated rings. The van der Waals surface area contributed by atoms with E-state index in [2.05, 4.69) is 0 Å². The third kappa shape index (κ3) is 3.26. The van der Waals surface area contributed by atoms with Crippen molar-refractivity contribution in [3.63, 3.8) is 0 Å². The second-order valence-electron chi connectivity index (χ2n) is 9.79. The number of hydrogen-bond acceptors (Lipinski definition) is 3. The number of nitrogens with zero attached hydrogens (tertiary/aromatic N) is 2. The van der Waals surface area contributed by atoms with E-state index >= 15 is 0 Å². The van der Waals surface area contributed by atoms with Crippen LogP contribution in [-0.2, 0) is 22.5 Å². The number of ether oxygens (including phenoxy) is 1. The second kappa shape index (κ2) is 7.29. The lowest BCUT2D eigenvalue weighted by Gasteiger charge is -2.19. The van der Waals surface area contributed by atoms with E-state index in [-0.39, 0.29) is 11.3 Å². The number of imidazole rings is 1. The van der Waals surface area contributed by atoms with Gasteiger partial charge in [-0.2, -0.15) is 0 Å². The van der Waals surface area contributed by atoms with Crippen molar-refractivity contribution in [1.82, 2.24) is 9.13 Å². The highest BCUT2D eigenvalue weighted by atomic mass is 35.5. The minimum Gasteiger partial charge on any atom is -0.478 e.